The molecule has 25 heavy (non-hydrogen) atoms. The van der Waals surface area contributed by atoms with Gasteiger partial charge in [0.05, 0.1) is 19.9 Å². The van der Waals surface area contributed by atoms with Crippen molar-refractivity contribution < 1.29 is 14.3 Å². The maximum Gasteiger partial charge on any atom is 0.181 e. The lowest BCUT2D eigenvalue weighted by molar-refractivity contribution is 0.282. The summed E-state index contributed by atoms with van der Waals surface area (Å²) in [6, 6.07) is 13.6. The average Bonchev–Trinajstić information content (AvgIpc) is 3.20. The molecule has 0 saturated carbocycles. The highest BCUT2D eigenvalue weighted by molar-refractivity contribution is 5.66. The summed E-state index contributed by atoms with van der Waals surface area (Å²) in [6.07, 6.45) is 7.06. The van der Waals surface area contributed by atoms with Crippen molar-refractivity contribution in [2.24, 2.45) is 0 Å². The maximum absolute atomic E-state index is 9.60. The number of aliphatic hydroxyl groups excluding tert-OH is 1. The number of para-hydroxylation sites is 1. The van der Waals surface area contributed by atoms with E-state index < -0.39 is 0 Å². The second-order valence-electron chi connectivity index (χ2n) is 5.42. The second kappa shape index (κ2) is 8.17. The van der Waals surface area contributed by atoms with Crippen LogP contribution in [0.15, 0.2) is 65.5 Å². The Balaban J connectivity index is 1.66. The summed E-state index contributed by atoms with van der Waals surface area (Å²) in [4.78, 5) is 3.92. The van der Waals surface area contributed by atoms with E-state index in [0.29, 0.717) is 12.3 Å². The number of benzene rings is 2. The van der Waals surface area contributed by atoms with Gasteiger partial charge >= 0.3 is 0 Å². The molecule has 128 valence electrons. The molecule has 1 aromatic heterocycles. The number of hydrogen-bond acceptors (Lipinski definition) is 5. The van der Waals surface area contributed by atoms with Crippen molar-refractivity contribution in [2.75, 3.05) is 19.0 Å². The number of nitrogens with zero attached hydrogens (tertiary/aromatic N) is 1. The number of ether oxygens (including phenoxy) is 1. The first-order chi connectivity index (χ1) is 12.3. The zero-order valence-corrected chi connectivity index (χ0v) is 14.0. The number of rotatable bonds is 7. The number of hydrogen-bond donors (Lipinski definition) is 2. The molecular weight excluding hydrogens is 316 g/mol. The molecule has 0 amide bonds. The molecule has 0 saturated heterocycles. The predicted molar refractivity (Wildman–Crippen MR) is 98.4 cm³/mol. The summed E-state index contributed by atoms with van der Waals surface area (Å²) in [5.74, 6) is 1.49. The fraction of sp³-hybridized carbons (Fsp3) is 0.150. The SMILES string of the molecule is COc1ccccc1C=CCNc1ccc(-c2cnco2)c(CO)c1. The largest absolute Gasteiger partial charge is 0.496 e. The standard InChI is InChI=1S/C20H20N2O3/c1-24-19-7-3-2-5-15(19)6-4-10-22-17-8-9-18(16(11-17)13-23)20-12-21-14-25-20/h2-9,11-12,14,22-23H,10,13H2,1H3. The first-order valence-corrected chi connectivity index (χ1v) is 7.98. The molecule has 2 aromatic carbocycles. The van der Waals surface area contributed by atoms with Gasteiger partial charge in [0.1, 0.15) is 5.75 Å². The Morgan fingerprint density at radius 1 is 1.24 bits per heavy atom. The molecule has 5 heteroatoms. The van der Waals surface area contributed by atoms with Gasteiger partial charge in [-0.05, 0) is 29.8 Å². The quantitative estimate of drug-likeness (QED) is 0.683. The third-order valence-electron chi connectivity index (χ3n) is 3.83. The highest BCUT2D eigenvalue weighted by atomic mass is 16.5. The van der Waals surface area contributed by atoms with Gasteiger partial charge in [0, 0.05) is 23.4 Å². The van der Waals surface area contributed by atoms with E-state index in [1.54, 1.807) is 13.3 Å². The summed E-state index contributed by atoms with van der Waals surface area (Å²) in [7, 11) is 1.66. The number of methoxy groups -OCH3 is 1. The molecule has 0 aliphatic carbocycles. The zero-order chi connectivity index (χ0) is 17.5. The molecule has 1 heterocycles. The molecule has 0 spiro atoms. The van der Waals surface area contributed by atoms with Crippen LogP contribution in [-0.2, 0) is 6.61 Å². The third-order valence-corrected chi connectivity index (χ3v) is 3.83. The van der Waals surface area contributed by atoms with Crippen molar-refractivity contribution in [1.29, 1.82) is 0 Å². The topological polar surface area (TPSA) is 67.5 Å². The minimum atomic E-state index is -0.0669. The molecule has 0 atom stereocenters. The first-order valence-electron chi connectivity index (χ1n) is 7.98. The van der Waals surface area contributed by atoms with Crippen LogP contribution in [0.4, 0.5) is 5.69 Å². The second-order valence-corrected chi connectivity index (χ2v) is 5.42. The van der Waals surface area contributed by atoms with Crippen LogP contribution in [0, 0.1) is 0 Å². The summed E-state index contributed by atoms with van der Waals surface area (Å²) in [5, 5.41) is 12.9. The molecule has 0 unspecified atom stereocenters. The minimum absolute atomic E-state index is 0.0669. The van der Waals surface area contributed by atoms with Crippen molar-refractivity contribution >= 4 is 11.8 Å². The van der Waals surface area contributed by atoms with E-state index in [0.717, 1.165) is 28.1 Å². The van der Waals surface area contributed by atoms with Gasteiger partial charge in [-0.2, -0.15) is 0 Å². The lowest BCUT2D eigenvalue weighted by Gasteiger charge is -2.09. The van der Waals surface area contributed by atoms with Gasteiger partial charge in [-0.15, -0.1) is 0 Å². The molecule has 0 radical (unpaired) electrons. The van der Waals surface area contributed by atoms with Crippen molar-refractivity contribution in [3.63, 3.8) is 0 Å². The first kappa shape index (κ1) is 16.8. The minimum Gasteiger partial charge on any atom is -0.496 e. The number of aliphatic hydroxyl groups is 1. The Bertz CT molecular complexity index is 842. The Morgan fingerprint density at radius 2 is 2.12 bits per heavy atom. The molecule has 5 nitrogen and oxygen atoms in total. The van der Waals surface area contributed by atoms with E-state index in [1.807, 2.05) is 54.6 Å². The number of anilines is 1. The molecule has 0 aliphatic rings. The van der Waals surface area contributed by atoms with Gasteiger partial charge in [-0.25, -0.2) is 4.98 Å². The average molecular weight is 336 g/mol. The molecule has 0 fully saturated rings. The molecule has 3 aromatic rings. The Hall–Kier alpha value is -3.05. The molecule has 0 bridgehead atoms. The van der Waals surface area contributed by atoms with Crippen LogP contribution in [-0.4, -0.2) is 23.7 Å². The van der Waals surface area contributed by atoms with Gasteiger partial charge in [-0.3, -0.25) is 0 Å². The molecular formula is C20H20N2O3. The van der Waals surface area contributed by atoms with Crippen LogP contribution < -0.4 is 10.1 Å². The van der Waals surface area contributed by atoms with Gasteiger partial charge in [0.15, 0.2) is 12.2 Å². The fourth-order valence-corrected chi connectivity index (χ4v) is 2.59. The van der Waals surface area contributed by atoms with Crippen LogP contribution >= 0.6 is 0 Å². The predicted octanol–water partition coefficient (Wildman–Crippen LogP) is 3.97. The summed E-state index contributed by atoms with van der Waals surface area (Å²) in [5.41, 5.74) is 3.59. The van der Waals surface area contributed by atoms with E-state index in [2.05, 4.69) is 10.3 Å². The van der Waals surface area contributed by atoms with Crippen molar-refractivity contribution in [1.82, 2.24) is 4.98 Å². The van der Waals surface area contributed by atoms with Crippen LogP contribution in [0.2, 0.25) is 0 Å². The van der Waals surface area contributed by atoms with Crippen molar-refractivity contribution in [3.8, 4) is 17.1 Å². The van der Waals surface area contributed by atoms with Crippen LogP contribution in [0.5, 0.6) is 5.75 Å². The Morgan fingerprint density at radius 3 is 2.88 bits per heavy atom. The van der Waals surface area contributed by atoms with Crippen molar-refractivity contribution in [2.45, 2.75) is 6.61 Å². The summed E-state index contributed by atoms with van der Waals surface area (Å²) in [6.45, 7) is 0.590. The van der Waals surface area contributed by atoms with Crippen LogP contribution in [0.3, 0.4) is 0 Å². The summed E-state index contributed by atoms with van der Waals surface area (Å²) >= 11 is 0. The lowest BCUT2D eigenvalue weighted by atomic mass is 10.1. The van der Waals surface area contributed by atoms with E-state index >= 15 is 0 Å². The zero-order valence-electron chi connectivity index (χ0n) is 14.0. The van der Waals surface area contributed by atoms with Gasteiger partial charge < -0.3 is 19.6 Å². The lowest BCUT2D eigenvalue weighted by Crippen LogP contribution is -2.00. The fourth-order valence-electron chi connectivity index (χ4n) is 2.59. The van der Waals surface area contributed by atoms with E-state index in [4.69, 9.17) is 9.15 Å². The van der Waals surface area contributed by atoms with Gasteiger partial charge in [0.2, 0.25) is 0 Å². The van der Waals surface area contributed by atoms with Gasteiger partial charge in [0.25, 0.3) is 0 Å². The van der Waals surface area contributed by atoms with Gasteiger partial charge in [-0.1, -0.05) is 30.4 Å². The van der Waals surface area contributed by atoms with Crippen LogP contribution in [0.25, 0.3) is 17.4 Å². The highest BCUT2D eigenvalue weighted by Gasteiger charge is 2.08. The molecule has 0 aliphatic heterocycles. The summed E-state index contributed by atoms with van der Waals surface area (Å²) < 4.78 is 10.6. The van der Waals surface area contributed by atoms with Crippen molar-refractivity contribution in [3.05, 3.63) is 72.3 Å². The molecule has 2 N–H and O–H groups in total. The normalized spacial score (nSPS) is 11.0. The van der Waals surface area contributed by atoms with E-state index in [-0.39, 0.29) is 6.61 Å². The third kappa shape index (κ3) is 4.08. The number of oxazole rings is 1. The van der Waals surface area contributed by atoms with Crippen LogP contribution in [0.1, 0.15) is 11.1 Å². The Kier molecular flexibility index (Phi) is 5.49. The van der Waals surface area contributed by atoms with E-state index in [9.17, 15) is 5.11 Å². The highest BCUT2D eigenvalue weighted by Crippen LogP contribution is 2.26. The number of aromatic nitrogens is 1. The van der Waals surface area contributed by atoms with E-state index in [1.165, 1.54) is 6.39 Å². The monoisotopic (exact) mass is 336 g/mol. The smallest absolute Gasteiger partial charge is 0.181 e. The maximum atomic E-state index is 9.60. The number of nitrogens with one attached hydrogen (secondary N) is 1. The Labute approximate surface area is 146 Å². The molecule has 3 rings (SSSR count).